The molecule has 2 rings (SSSR count). The van der Waals surface area contributed by atoms with E-state index in [-0.39, 0.29) is 23.9 Å². The Kier molecular flexibility index (Phi) is 3.83. The highest BCUT2D eigenvalue weighted by Crippen LogP contribution is 2.39. The minimum atomic E-state index is -4.62. The van der Waals surface area contributed by atoms with Crippen LogP contribution in [-0.2, 0) is 11.0 Å². The molecule has 0 bridgehead atoms. The molecule has 1 aliphatic heterocycles. The first-order chi connectivity index (χ1) is 8.70. The van der Waals surface area contributed by atoms with Gasteiger partial charge in [0, 0.05) is 22.7 Å². The number of carbonyl (C=O) groups excluding carboxylic acids is 1. The standard InChI is InChI=1S/C11H8BrF4NOS/c12-7-3-8(13)9(2-6(7)11(14,15)16)17-4-5(19)1-10(17)18/h2-3,5,19H,1,4H2. The zero-order valence-corrected chi connectivity index (χ0v) is 11.8. The fourth-order valence-electron chi connectivity index (χ4n) is 1.88. The highest BCUT2D eigenvalue weighted by molar-refractivity contribution is 9.10. The molecule has 0 saturated carbocycles. The number of carbonyl (C=O) groups is 1. The first kappa shape index (κ1) is 14.6. The van der Waals surface area contributed by atoms with Crippen molar-refractivity contribution in [2.24, 2.45) is 0 Å². The molecular formula is C11H8BrF4NOS. The Hall–Kier alpha value is -0.760. The van der Waals surface area contributed by atoms with Crippen molar-refractivity contribution in [3.8, 4) is 0 Å². The van der Waals surface area contributed by atoms with E-state index in [2.05, 4.69) is 28.6 Å². The maximum atomic E-state index is 13.8. The number of anilines is 1. The third-order valence-electron chi connectivity index (χ3n) is 2.74. The number of hydrogen-bond acceptors (Lipinski definition) is 2. The molecule has 2 nitrogen and oxygen atoms in total. The van der Waals surface area contributed by atoms with Gasteiger partial charge in [-0.15, -0.1) is 0 Å². The summed E-state index contributed by atoms with van der Waals surface area (Å²) in [5, 5.41) is -0.301. The van der Waals surface area contributed by atoms with Gasteiger partial charge in [-0.25, -0.2) is 4.39 Å². The highest BCUT2D eigenvalue weighted by atomic mass is 79.9. The van der Waals surface area contributed by atoms with Crippen molar-refractivity contribution in [3.05, 3.63) is 28.0 Å². The van der Waals surface area contributed by atoms with E-state index in [4.69, 9.17) is 0 Å². The quantitative estimate of drug-likeness (QED) is 0.600. The predicted molar refractivity (Wildman–Crippen MR) is 68.8 cm³/mol. The van der Waals surface area contributed by atoms with Crippen LogP contribution in [0.4, 0.5) is 23.2 Å². The molecule has 19 heavy (non-hydrogen) atoms. The van der Waals surface area contributed by atoms with Crippen LogP contribution < -0.4 is 4.90 Å². The molecule has 1 aliphatic rings. The fourth-order valence-corrected chi connectivity index (χ4v) is 2.74. The third-order valence-corrected chi connectivity index (χ3v) is 3.74. The van der Waals surface area contributed by atoms with Gasteiger partial charge in [-0.05, 0) is 12.1 Å². The zero-order valence-electron chi connectivity index (χ0n) is 9.34. The Labute approximate surface area is 120 Å². The normalized spacial score (nSPS) is 20.2. The maximum Gasteiger partial charge on any atom is 0.417 e. The van der Waals surface area contributed by atoms with Crippen LogP contribution in [-0.4, -0.2) is 17.7 Å². The molecule has 0 N–H and O–H groups in total. The van der Waals surface area contributed by atoms with Crippen LogP contribution in [0.25, 0.3) is 0 Å². The Morgan fingerprint density at radius 3 is 2.47 bits per heavy atom. The van der Waals surface area contributed by atoms with Crippen molar-refractivity contribution < 1.29 is 22.4 Å². The van der Waals surface area contributed by atoms with E-state index in [0.717, 1.165) is 11.0 Å². The second-order valence-electron chi connectivity index (χ2n) is 4.14. The summed E-state index contributed by atoms with van der Waals surface area (Å²) in [7, 11) is 0. The largest absolute Gasteiger partial charge is 0.417 e. The average molecular weight is 358 g/mol. The first-order valence-corrected chi connectivity index (χ1v) is 6.55. The molecule has 1 aromatic carbocycles. The summed E-state index contributed by atoms with van der Waals surface area (Å²) in [5.41, 5.74) is -1.38. The van der Waals surface area contributed by atoms with Crippen LogP contribution >= 0.6 is 28.6 Å². The number of benzene rings is 1. The van der Waals surface area contributed by atoms with Gasteiger partial charge >= 0.3 is 6.18 Å². The third kappa shape index (κ3) is 2.89. The van der Waals surface area contributed by atoms with Gasteiger partial charge in [-0.1, -0.05) is 15.9 Å². The van der Waals surface area contributed by atoms with Crippen molar-refractivity contribution in [1.82, 2.24) is 0 Å². The topological polar surface area (TPSA) is 20.3 Å². The van der Waals surface area contributed by atoms with E-state index in [1.54, 1.807) is 0 Å². The molecule has 1 unspecified atom stereocenters. The molecule has 0 aromatic heterocycles. The van der Waals surface area contributed by atoms with Crippen LogP contribution in [0.5, 0.6) is 0 Å². The maximum absolute atomic E-state index is 13.8. The second kappa shape index (κ2) is 4.97. The van der Waals surface area contributed by atoms with E-state index in [0.29, 0.717) is 6.07 Å². The molecule has 0 aliphatic carbocycles. The van der Waals surface area contributed by atoms with E-state index < -0.39 is 27.9 Å². The number of thiol groups is 1. The second-order valence-corrected chi connectivity index (χ2v) is 5.73. The SMILES string of the molecule is O=C1CC(S)CN1c1cc(C(F)(F)F)c(Br)cc1F. The van der Waals surface area contributed by atoms with Gasteiger partial charge in [-0.2, -0.15) is 25.8 Å². The van der Waals surface area contributed by atoms with Crippen LogP contribution in [0.1, 0.15) is 12.0 Å². The first-order valence-electron chi connectivity index (χ1n) is 5.25. The predicted octanol–water partition coefficient (Wildman–Crippen LogP) is 3.64. The Balaban J connectivity index is 2.49. The summed E-state index contributed by atoms with van der Waals surface area (Å²) in [5.74, 6) is -1.31. The van der Waals surface area contributed by atoms with Gasteiger partial charge in [0.15, 0.2) is 0 Å². The van der Waals surface area contributed by atoms with E-state index in [1.807, 2.05) is 0 Å². The lowest BCUT2D eigenvalue weighted by Gasteiger charge is -2.19. The number of alkyl halides is 3. The summed E-state index contributed by atoms with van der Waals surface area (Å²) in [4.78, 5) is 12.6. The van der Waals surface area contributed by atoms with E-state index >= 15 is 0 Å². The molecule has 1 heterocycles. The zero-order chi connectivity index (χ0) is 14.4. The van der Waals surface area contributed by atoms with Crippen molar-refractivity contribution in [1.29, 1.82) is 0 Å². The molecular weight excluding hydrogens is 350 g/mol. The molecule has 104 valence electrons. The number of rotatable bonds is 1. The van der Waals surface area contributed by atoms with Gasteiger partial charge in [0.25, 0.3) is 0 Å². The van der Waals surface area contributed by atoms with Gasteiger partial charge < -0.3 is 4.90 Å². The monoisotopic (exact) mass is 357 g/mol. The molecule has 1 fully saturated rings. The Bertz CT molecular complexity index is 534. The lowest BCUT2D eigenvalue weighted by molar-refractivity contribution is -0.138. The summed E-state index contributed by atoms with van der Waals surface area (Å²) in [6.07, 6.45) is -4.54. The summed E-state index contributed by atoms with van der Waals surface area (Å²) in [6.45, 7) is 0.0950. The minimum Gasteiger partial charge on any atom is -0.308 e. The van der Waals surface area contributed by atoms with Crippen molar-refractivity contribution in [3.63, 3.8) is 0 Å². The minimum absolute atomic E-state index is 0.0833. The van der Waals surface area contributed by atoms with Crippen molar-refractivity contribution in [2.45, 2.75) is 17.8 Å². The molecule has 1 saturated heterocycles. The number of hydrogen-bond donors (Lipinski definition) is 1. The van der Waals surface area contributed by atoms with Gasteiger partial charge in [0.05, 0.1) is 11.3 Å². The van der Waals surface area contributed by atoms with Gasteiger partial charge in [0.2, 0.25) is 5.91 Å². The number of amides is 1. The van der Waals surface area contributed by atoms with Crippen LogP contribution in [0.2, 0.25) is 0 Å². The average Bonchev–Trinajstić information content (AvgIpc) is 2.55. The smallest absolute Gasteiger partial charge is 0.308 e. The van der Waals surface area contributed by atoms with Crippen LogP contribution in [0.15, 0.2) is 16.6 Å². The summed E-state index contributed by atoms with van der Waals surface area (Å²) >= 11 is 6.76. The molecule has 1 aromatic rings. The summed E-state index contributed by atoms with van der Waals surface area (Å²) < 4.78 is 51.6. The van der Waals surface area contributed by atoms with Crippen molar-refractivity contribution >= 4 is 40.2 Å². The number of halogens is 5. The lowest BCUT2D eigenvalue weighted by atomic mass is 10.1. The van der Waals surface area contributed by atoms with Crippen molar-refractivity contribution in [2.75, 3.05) is 11.4 Å². The highest BCUT2D eigenvalue weighted by Gasteiger charge is 2.36. The lowest BCUT2D eigenvalue weighted by Crippen LogP contribution is -2.26. The van der Waals surface area contributed by atoms with Crippen LogP contribution in [0, 0.1) is 5.82 Å². The van der Waals surface area contributed by atoms with E-state index in [1.165, 1.54) is 0 Å². The molecule has 1 atom stereocenters. The fraction of sp³-hybridized carbons (Fsp3) is 0.364. The van der Waals surface area contributed by atoms with Crippen LogP contribution in [0.3, 0.4) is 0 Å². The molecule has 0 spiro atoms. The summed E-state index contributed by atoms with van der Waals surface area (Å²) in [6, 6.07) is 1.36. The molecule has 1 amide bonds. The van der Waals surface area contributed by atoms with Gasteiger partial charge in [-0.3, -0.25) is 4.79 Å². The Morgan fingerprint density at radius 1 is 1.37 bits per heavy atom. The molecule has 8 heteroatoms. The molecule has 0 radical (unpaired) electrons. The van der Waals surface area contributed by atoms with E-state index in [9.17, 15) is 22.4 Å². The van der Waals surface area contributed by atoms with Gasteiger partial charge in [0.1, 0.15) is 5.82 Å². The Morgan fingerprint density at radius 2 is 2.00 bits per heavy atom. The number of nitrogens with zero attached hydrogens (tertiary/aromatic N) is 1.